The van der Waals surface area contributed by atoms with E-state index in [1.165, 1.54) is 16.9 Å². The third kappa shape index (κ3) is 5.37. The van der Waals surface area contributed by atoms with Gasteiger partial charge in [-0.1, -0.05) is 23.8 Å². The molecule has 0 aliphatic rings. The van der Waals surface area contributed by atoms with E-state index < -0.39 is 0 Å². The van der Waals surface area contributed by atoms with E-state index in [9.17, 15) is 4.79 Å². The van der Waals surface area contributed by atoms with Crippen LogP contribution in [0.4, 0.5) is 0 Å². The molecule has 6 heteroatoms. The zero-order valence-electron chi connectivity index (χ0n) is 15.8. The fraction of sp³-hybridized carbons (Fsp3) is 0.286. The van der Waals surface area contributed by atoms with Crippen molar-refractivity contribution in [2.24, 2.45) is 4.99 Å². The molecule has 3 rings (SSSR count). The van der Waals surface area contributed by atoms with Crippen LogP contribution in [0.3, 0.4) is 0 Å². The number of nitrogens with zero attached hydrogens (tertiary/aromatic N) is 3. The van der Waals surface area contributed by atoms with Gasteiger partial charge in [0.05, 0.1) is 12.1 Å². The van der Waals surface area contributed by atoms with Crippen LogP contribution in [-0.4, -0.2) is 21.5 Å². The third-order valence-corrected chi connectivity index (χ3v) is 4.68. The largest absolute Gasteiger partial charge is 0.486 e. The first-order valence-corrected chi connectivity index (χ1v) is 9.76. The number of benzene rings is 1. The first-order chi connectivity index (χ1) is 13.0. The van der Waals surface area contributed by atoms with Crippen LogP contribution in [0.1, 0.15) is 34.9 Å². The van der Waals surface area contributed by atoms with Crippen molar-refractivity contribution in [1.82, 2.24) is 9.55 Å². The Bertz CT molecular complexity index is 971. The number of rotatable bonds is 6. The quantitative estimate of drug-likeness (QED) is 0.648. The summed E-state index contributed by atoms with van der Waals surface area (Å²) in [6.45, 7) is 6.41. The highest BCUT2D eigenvalue weighted by Gasteiger charge is 2.11. The predicted octanol–water partition coefficient (Wildman–Crippen LogP) is 4.02. The fourth-order valence-electron chi connectivity index (χ4n) is 2.53. The van der Waals surface area contributed by atoms with Crippen LogP contribution in [0.5, 0.6) is 5.75 Å². The molecule has 1 aromatic carbocycles. The Morgan fingerprint density at radius 2 is 2.00 bits per heavy atom. The summed E-state index contributed by atoms with van der Waals surface area (Å²) in [5.41, 5.74) is 2.61. The van der Waals surface area contributed by atoms with Gasteiger partial charge in [0.2, 0.25) is 5.91 Å². The zero-order valence-corrected chi connectivity index (χ0v) is 16.6. The molecule has 0 amide bonds. The number of pyridine rings is 1. The molecule has 0 radical (unpaired) electrons. The van der Waals surface area contributed by atoms with Crippen LogP contribution in [0, 0.1) is 6.92 Å². The molecule has 2 heterocycles. The van der Waals surface area contributed by atoms with Gasteiger partial charge >= 0.3 is 0 Å². The van der Waals surface area contributed by atoms with Crippen molar-refractivity contribution in [3.63, 3.8) is 0 Å². The molecule has 0 N–H and O–H groups in total. The van der Waals surface area contributed by atoms with E-state index in [0.717, 1.165) is 16.5 Å². The van der Waals surface area contributed by atoms with Gasteiger partial charge in [-0.2, -0.15) is 0 Å². The number of hydrogen-bond acceptors (Lipinski definition) is 5. The standard InChI is InChI=1S/C21H23N3O2S/c1-15(2)22-19-6-4-5-11-24(19)21(25)12-17-14-27-20(23-17)13-26-18-9-7-16(3)8-10-18/h4-11,14-15H,12-13H2,1-3H3. The second-order valence-corrected chi connectivity index (χ2v) is 7.50. The summed E-state index contributed by atoms with van der Waals surface area (Å²) in [6, 6.07) is 13.6. The molecule has 27 heavy (non-hydrogen) atoms. The van der Waals surface area contributed by atoms with Gasteiger partial charge in [0.15, 0.2) is 0 Å². The number of carbonyl (C=O) groups excluding carboxylic acids is 1. The maximum absolute atomic E-state index is 12.7. The molecule has 2 aromatic heterocycles. The van der Waals surface area contributed by atoms with Crippen molar-refractivity contribution in [1.29, 1.82) is 0 Å². The van der Waals surface area contributed by atoms with Crippen molar-refractivity contribution in [3.05, 3.63) is 75.8 Å². The van der Waals surface area contributed by atoms with Gasteiger partial charge in [-0.3, -0.25) is 14.4 Å². The molecule has 140 valence electrons. The Labute approximate surface area is 163 Å². The third-order valence-electron chi connectivity index (χ3n) is 3.81. The van der Waals surface area contributed by atoms with E-state index in [1.54, 1.807) is 10.8 Å². The molecule has 0 spiro atoms. The molecule has 0 aliphatic carbocycles. The first kappa shape index (κ1) is 19.0. The summed E-state index contributed by atoms with van der Waals surface area (Å²) in [4.78, 5) is 21.7. The van der Waals surface area contributed by atoms with Crippen LogP contribution in [0.15, 0.2) is 59.0 Å². The van der Waals surface area contributed by atoms with Crippen molar-refractivity contribution in [2.75, 3.05) is 0 Å². The number of ether oxygens (including phenoxy) is 1. The Morgan fingerprint density at radius 3 is 2.74 bits per heavy atom. The Kier molecular flexibility index (Phi) is 6.19. The highest BCUT2D eigenvalue weighted by molar-refractivity contribution is 7.09. The highest BCUT2D eigenvalue weighted by Crippen LogP contribution is 2.16. The van der Waals surface area contributed by atoms with Crippen molar-refractivity contribution in [2.45, 2.75) is 39.8 Å². The molecule has 0 saturated carbocycles. The minimum Gasteiger partial charge on any atom is -0.486 e. The summed E-state index contributed by atoms with van der Waals surface area (Å²) in [5.74, 6) is 0.763. The van der Waals surface area contributed by atoms with Crippen molar-refractivity contribution >= 4 is 17.2 Å². The summed E-state index contributed by atoms with van der Waals surface area (Å²) < 4.78 is 7.34. The number of aromatic nitrogens is 2. The summed E-state index contributed by atoms with van der Waals surface area (Å²) in [5, 5.41) is 2.76. The SMILES string of the molecule is Cc1ccc(OCc2nc(CC(=O)n3ccccc3=NC(C)C)cs2)cc1. The average molecular weight is 382 g/mol. The summed E-state index contributed by atoms with van der Waals surface area (Å²) in [7, 11) is 0. The lowest BCUT2D eigenvalue weighted by atomic mass is 10.2. The van der Waals surface area contributed by atoms with E-state index in [2.05, 4.69) is 9.98 Å². The monoisotopic (exact) mass is 381 g/mol. The maximum Gasteiger partial charge on any atom is 0.238 e. The van der Waals surface area contributed by atoms with Crippen LogP contribution < -0.4 is 10.2 Å². The molecule has 0 atom stereocenters. The highest BCUT2D eigenvalue weighted by atomic mass is 32.1. The van der Waals surface area contributed by atoms with Crippen LogP contribution in [-0.2, 0) is 13.0 Å². The zero-order chi connectivity index (χ0) is 19.2. The number of aryl methyl sites for hydroxylation is 1. The lowest BCUT2D eigenvalue weighted by molar-refractivity contribution is 0.0907. The second kappa shape index (κ2) is 8.77. The molecule has 3 aromatic rings. The van der Waals surface area contributed by atoms with Gasteiger partial charge in [0, 0.05) is 17.6 Å². The van der Waals surface area contributed by atoms with Gasteiger partial charge in [-0.05, 0) is 45.0 Å². The number of carbonyl (C=O) groups is 1. The van der Waals surface area contributed by atoms with Crippen LogP contribution >= 0.6 is 11.3 Å². The summed E-state index contributed by atoms with van der Waals surface area (Å²) >= 11 is 1.50. The van der Waals surface area contributed by atoms with E-state index >= 15 is 0 Å². The smallest absolute Gasteiger partial charge is 0.238 e. The number of hydrogen-bond donors (Lipinski definition) is 0. The molecule has 0 saturated heterocycles. The van der Waals surface area contributed by atoms with Gasteiger partial charge in [0.25, 0.3) is 0 Å². The van der Waals surface area contributed by atoms with Gasteiger partial charge < -0.3 is 4.74 Å². The molecular weight excluding hydrogens is 358 g/mol. The van der Waals surface area contributed by atoms with Crippen molar-refractivity contribution in [3.8, 4) is 5.75 Å². The molecule has 0 unspecified atom stereocenters. The molecular formula is C21H23N3O2S. The van der Waals surface area contributed by atoms with E-state index in [1.807, 2.05) is 68.6 Å². The Hall–Kier alpha value is -2.73. The van der Waals surface area contributed by atoms with E-state index in [4.69, 9.17) is 4.74 Å². The average Bonchev–Trinajstić information content (AvgIpc) is 3.08. The molecule has 5 nitrogen and oxygen atoms in total. The molecule has 0 fully saturated rings. The first-order valence-electron chi connectivity index (χ1n) is 8.89. The van der Waals surface area contributed by atoms with Crippen LogP contribution in [0.2, 0.25) is 0 Å². The van der Waals surface area contributed by atoms with Gasteiger partial charge in [0.1, 0.15) is 22.9 Å². The lowest BCUT2D eigenvalue weighted by Gasteiger charge is -2.06. The predicted molar refractivity (Wildman–Crippen MR) is 107 cm³/mol. The topological polar surface area (TPSA) is 56.5 Å². The van der Waals surface area contributed by atoms with Crippen molar-refractivity contribution < 1.29 is 9.53 Å². The Balaban J connectivity index is 1.65. The number of thiazole rings is 1. The maximum atomic E-state index is 12.7. The van der Waals surface area contributed by atoms with Crippen LogP contribution in [0.25, 0.3) is 0 Å². The van der Waals surface area contributed by atoms with E-state index in [0.29, 0.717) is 12.1 Å². The normalized spacial score (nSPS) is 11.8. The lowest BCUT2D eigenvalue weighted by Crippen LogP contribution is -2.28. The minimum absolute atomic E-state index is 0.0497. The minimum atomic E-state index is -0.0497. The molecule has 0 aliphatic heterocycles. The molecule has 0 bridgehead atoms. The summed E-state index contributed by atoms with van der Waals surface area (Å²) in [6.07, 6.45) is 1.98. The second-order valence-electron chi connectivity index (χ2n) is 6.56. The Morgan fingerprint density at radius 1 is 1.22 bits per heavy atom. The van der Waals surface area contributed by atoms with Gasteiger partial charge in [-0.25, -0.2) is 4.98 Å². The fourth-order valence-corrected chi connectivity index (χ4v) is 3.24. The van der Waals surface area contributed by atoms with E-state index in [-0.39, 0.29) is 18.4 Å². The van der Waals surface area contributed by atoms with Gasteiger partial charge in [-0.15, -0.1) is 11.3 Å².